The van der Waals surface area contributed by atoms with Crippen LogP contribution in [0.15, 0.2) is 56.9 Å². The number of ether oxygens (including phenoxy) is 2. The number of halogens is 2. The third-order valence-electron chi connectivity index (χ3n) is 5.34. The Balaban J connectivity index is 2.20. The molecule has 2 aromatic heterocycles. The zero-order valence-corrected chi connectivity index (χ0v) is 23.2. The average Bonchev–Trinajstić information content (AvgIpc) is 3.11. The van der Waals surface area contributed by atoms with Crippen LogP contribution in [0.1, 0.15) is 30.7 Å². The van der Waals surface area contributed by atoms with Crippen LogP contribution in [-0.2, 0) is 21.4 Å². The molecule has 0 saturated carbocycles. The summed E-state index contributed by atoms with van der Waals surface area (Å²) in [6, 6.07) is 12.3. The summed E-state index contributed by atoms with van der Waals surface area (Å²) in [7, 11) is -2.33. The molecule has 0 amide bonds. The van der Waals surface area contributed by atoms with E-state index in [1.165, 1.54) is 3.97 Å². The van der Waals surface area contributed by atoms with E-state index < -0.39 is 10.0 Å². The maximum atomic E-state index is 13.9. The van der Waals surface area contributed by atoms with Gasteiger partial charge in [-0.3, -0.25) is 4.98 Å². The molecule has 178 valence electrons. The van der Waals surface area contributed by atoms with Gasteiger partial charge in [-0.2, -0.15) is 0 Å². The lowest BCUT2D eigenvalue weighted by molar-refractivity contribution is 0.185. The number of nitrogens with zero attached hydrogens (tertiary/aromatic N) is 2. The van der Waals surface area contributed by atoms with E-state index in [2.05, 4.69) is 36.8 Å². The van der Waals surface area contributed by atoms with Crippen molar-refractivity contribution >= 4 is 69.8 Å². The standard InChI is InChI=1S/C25H24Br2N2O4S/c1-15(2)33-22-7-5-6-20-25(22)24-18(14-32-4)19(12-23(26)27)28-13-21(24)29(20)34(30,31)17-10-8-16(3)9-11-17/h5-13,15H,14H2,1-4H3. The molecule has 0 aliphatic rings. The average molecular weight is 608 g/mol. The summed E-state index contributed by atoms with van der Waals surface area (Å²) in [6.45, 7) is 6.04. The number of aromatic nitrogens is 2. The Hall–Kier alpha value is -2.20. The third-order valence-corrected chi connectivity index (χ3v) is 7.54. The van der Waals surface area contributed by atoms with E-state index in [0.717, 1.165) is 16.5 Å². The van der Waals surface area contributed by atoms with E-state index in [-0.39, 0.29) is 17.6 Å². The number of methoxy groups -OCH3 is 1. The van der Waals surface area contributed by atoms with E-state index in [1.54, 1.807) is 49.7 Å². The van der Waals surface area contributed by atoms with Crippen molar-refractivity contribution in [3.05, 3.63) is 68.9 Å². The summed E-state index contributed by atoms with van der Waals surface area (Å²) in [5, 5.41) is 1.43. The lowest BCUT2D eigenvalue weighted by Gasteiger charge is -2.12. The molecule has 2 heterocycles. The topological polar surface area (TPSA) is 70.4 Å². The molecule has 4 aromatic rings. The minimum atomic E-state index is -3.93. The van der Waals surface area contributed by atoms with Gasteiger partial charge in [-0.05, 0) is 83.0 Å². The fourth-order valence-electron chi connectivity index (χ4n) is 4.00. The summed E-state index contributed by atoms with van der Waals surface area (Å²) < 4.78 is 41.6. The quantitative estimate of drug-likeness (QED) is 0.232. The smallest absolute Gasteiger partial charge is 0.268 e. The van der Waals surface area contributed by atoms with E-state index >= 15 is 0 Å². The van der Waals surface area contributed by atoms with Crippen LogP contribution in [0.25, 0.3) is 27.9 Å². The molecule has 0 radical (unpaired) electrons. The number of fused-ring (bicyclic) bond motifs is 3. The second kappa shape index (κ2) is 9.81. The molecule has 9 heteroatoms. The van der Waals surface area contributed by atoms with Gasteiger partial charge in [0.15, 0.2) is 0 Å². The second-order valence-electron chi connectivity index (χ2n) is 8.15. The number of pyridine rings is 1. The van der Waals surface area contributed by atoms with E-state index in [1.807, 2.05) is 32.9 Å². The predicted octanol–water partition coefficient (Wildman–Crippen LogP) is 6.76. The van der Waals surface area contributed by atoms with Crippen molar-refractivity contribution in [1.29, 1.82) is 0 Å². The van der Waals surface area contributed by atoms with Gasteiger partial charge in [-0.1, -0.05) is 23.8 Å². The van der Waals surface area contributed by atoms with Gasteiger partial charge in [0.1, 0.15) is 5.75 Å². The zero-order chi connectivity index (χ0) is 24.6. The fourth-order valence-corrected chi connectivity index (χ4v) is 5.94. The van der Waals surface area contributed by atoms with Crippen molar-refractivity contribution in [3.8, 4) is 5.75 Å². The first-order chi connectivity index (χ1) is 16.1. The van der Waals surface area contributed by atoms with Crippen molar-refractivity contribution in [3.63, 3.8) is 0 Å². The van der Waals surface area contributed by atoms with Crippen molar-refractivity contribution in [2.45, 2.75) is 38.4 Å². The second-order valence-corrected chi connectivity index (χ2v) is 12.7. The van der Waals surface area contributed by atoms with E-state index in [9.17, 15) is 8.42 Å². The van der Waals surface area contributed by atoms with Gasteiger partial charge in [0.25, 0.3) is 10.0 Å². The van der Waals surface area contributed by atoms with Gasteiger partial charge in [0, 0.05) is 18.1 Å². The number of benzene rings is 2. The van der Waals surface area contributed by atoms with E-state index in [4.69, 9.17) is 9.47 Å². The van der Waals surface area contributed by atoms with E-state index in [0.29, 0.717) is 31.3 Å². The molecule has 0 fully saturated rings. The molecule has 0 unspecified atom stereocenters. The summed E-state index contributed by atoms with van der Waals surface area (Å²) in [5.41, 5.74) is 3.38. The first-order valence-corrected chi connectivity index (χ1v) is 13.6. The third kappa shape index (κ3) is 4.54. The lowest BCUT2D eigenvalue weighted by Crippen LogP contribution is -2.13. The lowest BCUT2D eigenvalue weighted by atomic mass is 10.1. The van der Waals surface area contributed by atoms with Crippen LogP contribution >= 0.6 is 31.9 Å². The van der Waals surface area contributed by atoms with Crippen LogP contribution in [0, 0.1) is 6.92 Å². The van der Waals surface area contributed by atoms with Crippen molar-refractivity contribution in [2.24, 2.45) is 0 Å². The minimum Gasteiger partial charge on any atom is -0.490 e. The number of hydrogen-bond acceptors (Lipinski definition) is 5. The number of aryl methyl sites for hydroxylation is 1. The van der Waals surface area contributed by atoms with Gasteiger partial charge >= 0.3 is 0 Å². The largest absolute Gasteiger partial charge is 0.490 e. The monoisotopic (exact) mass is 606 g/mol. The molecule has 0 aliphatic carbocycles. The SMILES string of the molecule is COCc1c(C=C(Br)Br)ncc2c1c1c(OC(C)C)cccc1n2S(=O)(=O)c1ccc(C)cc1. The zero-order valence-electron chi connectivity index (χ0n) is 19.2. The highest BCUT2D eigenvalue weighted by Crippen LogP contribution is 2.41. The molecule has 0 bridgehead atoms. The van der Waals surface area contributed by atoms with Gasteiger partial charge < -0.3 is 9.47 Å². The Morgan fingerprint density at radius 1 is 1.09 bits per heavy atom. The molecular weight excluding hydrogens is 584 g/mol. The van der Waals surface area contributed by atoms with Crippen LogP contribution in [-0.4, -0.2) is 30.6 Å². The summed E-state index contributed by atoms with van der Waals surface area (Å²) in [5.74, 6) is 0.603. The molecule has 0 spiro atoms. The van der Waals surface area contributed by atoms with Crippen LogP contribution < -0.4 is 4.74 Å². The molecule has 34 heavy (non-hydrogen) atoms. The maximum Gasteiger partial charge on any atom is 0.268 e. The van der Waals surface area contributed by atoms with Crippen molar-refractivity contribution in [1.82, 2.24) is 8.96 Å². The molecular formula is C25H24Br2N2O4S. The highest BCUT2D eigenvalue weighted by Gasteiger charge is 2.27. The van der Waals surface area contributed by atoms with Crippen LogP contribution in [0.3, 0.4) is 0 Å². The molecule has 4 rings (SSSR count). The Kier molecular flexibility index (Phi) is 7.19. The highest BCUT2D eigenvalue weighted by atomic mass is 79.9. The fraction of sp³-hybridized carbons (Fsp3) is 0.240. The van der Waals surface area contributed by atoms with Crippen molar-refractivity contribution < 1.29 is 17.9 Å². The normalized spacial score (nSPS) is 12.0. The molecule has 0 aliphatic heterocycles. The molecule has 2 aromatic carbocycles. The Morgan fingerprint density at radius 2 is 1.79 bits per heavy atom. The summed E-state index contributed by atoms with van der Waals surface area (Å²) >= 11 is 6.80. The molecule has 0 atom stereocenters. The first kappa shape index (κ1) is 24.9. The van der Waals surface area contributed by atoms with Crippen LogP contribution in [0.2, 0.25) is 0 Å². The van der Waals surface area contributed by atoms with Crippen molar-refractivity contribution in [2.75, 3.05) is 7.11 Å². The number of hydrogen-bond donors (Lipinski definition) is 0. The molecule has 0 saturated heterocycles. The Bertz CT molecular complexity index is 1500. The van der Waals surface area contributed by atoms with Crippen LogP contribution in [0.5, 0.6) is 5.75 Å². The first-order valence-electron chi connectivity index (χ1n) is 10.6. The minimum absolute atomic E-state index is 0.0959. The van der Waals surface area contributed by atoms with Gasteiger partial charge in [-0.15, -0.1) is 0 Å². The summed E-state index contributed by atoms with van der Waals surface area (Å²) in [6.07, 6.45) is 3.31. The highest BCUT2D eigenvalue weighted by molar-refractivity contribution is 9.28. The van der Waals surface area contributed by atoms with Gasteiger partial charge in [-0.25, -0.2) is 12.4 Å². The Morgan fingerprint density at radius 3 is 2.41 bits per heavy atom. The number of rotatable bonds is 7. The van der Waals surface area contributed by atoms with Crippen LogP contribution in [0.4, 0.5) is 0 Å². The maximum absolute atomic E-state index is 13.9. The predicted molar refractivity (Wildman–Crippen MR) is 143 cm³/mol. The van der Waals surface area contributed by atoms with Gasteiger partial charge in [0.05, 0.1) is 49.3 Å². The summed E-state index contributed by atoms with van der Waals surface area (Å²) in [4.78, 5) is 4.79. The molecule has 0 N–H and O–H groups in total. The molecule has 6 nitrogen and oxygen atoms in total. The Labute approximate surface area is 215 Å². The van der Waals surface area contributed by atoms with Gasteiger partial charge in [0.2, 0.25) is 0 Å².